The van der Waals surface area contributed by atoms with Crippen LogP contribution in [0.25, 0.3) is 0 Å². The van der Waals surface area contributed by atoms with Crippen molar-refractivity contribution in [2.24, 2.45) is 33.5 Å². The third-order valence-electron chi connectivity index (χ3n) is 7.62. The molecule has 2 fully saturated rings. The molecule has 4 heteroatoms. The van der Waals surface area contributed by atoms with E-state index >= 15 is 0 Å². The van der Waals surface area contributed by atoms with Gasteiger partial charge in [-0.15, -0.1) is 0 Å². The van der Waals surface area contributed by atoms with Crippen molar-refractivity contribution in [2.45, 2.75) is 89.1 Å². The van der Waals surface area contributed by atoms with E-state index in [2.05, 4.69) is 58.8 Å². The minimum absolute atomic E-state index is 0.438. The molecule has 0 aromatic heterocycles. The van der Waals surface area contributed by atoms with E-state index < -0.39 is 0 Å². The average molecular weight is 433 g/mol. The molecule has 0 amide bonds. The number of aryl methyl sites for hydroxylation is 2. The molecule has 4 nitrogen and oxygen atoms in total. The number of azo groups is 1. The fourth-order valence-corrected chi connectivity index (χ4v) is 5.27. The number of hydrogen-bond acceptors (Lipinski definition) is 4. The van der Waals surface area contributed by atoms with Crippen molar-refractivity contribution in [1.29, 1.82) is 0 Å². The molecule has 0 heterocycles. The van der Waals surface area contributed by atoms with Gasteiger partial charge in [0.15, 0.2) is 0 Å². The van der Waals surface area contributed by atoms with Crippen molar-refractivity contribution in [1.82, 2.24) is 0 Å². The summed E-state index contributed by atoms with van der Waals surface area (Å²) in [6.07, 6.45) is 14.8. The molecule has 0 radical (unpaired) electrons. The molecule has 0 atom stereocenters. The van der Waals surface area contributed by atoms with E-state index in [1.165, 1.54) is 75.3 Å². The van der Waals surface area contributed by atoms with Gasteiger partial charge in [0, 0.05) is 12.1 Å². The van der Waals surface area contributed by atoms with E-state index in [1.807, 2.05) is 0 Å². The van der Waals surface area contributed by atoms with Gasteiger partial charge >= 0.3 is 0 Å². The lowest BCUT2D eigenvalue weighted by molar-refractivity contribution is 0.311. The summed E-state index contributed by atoms with van der Waals surface area (Å²) in [5.41, 5.74) is 16.7. The lowest BCUT2D eigenvalue weighted by Gasteiger charge is -2.25. The summed E-state index contributed by atoms with van der Waals surface area (Å²) in [4.78, 5) is 0. The fraction of sp³-hybridized carbons (Fsp3) is 0.571. The predicted molar refractivity (Wildman–Crippen MR) is 134 cm³/mol. The second-order valence-corrected chi connectivity index (χ2v) is 10.2. The van der Waals surface area contributed by atoms with Gasteiger partial charge in [0.05, 0.1) is 11.4 Å². The van der Waals surface area contributed by atoms with Gasteiger partial charge in [0.25, 0.3) is 0 Å². The van der Waals surface area contributed by atoms with Crippen molar-refractivity contribution in [3.05, 3.63) is 59.7 Å². The monoisotopic (exact) mass is 432 g/mol. The van der Waals surface area contributed by atoms with Gasteiger partial charge in [-0.2, -0.15) is 10.2 Å². The number of hydrogen-bond donors (Lipinski definition) is 2. The fourth-order valence-electron chi connectivity index (χ4n) is 5.27. The molecule has 2 aliphatic carbocycles. The van der Waals surface area contributed by atoms with Crippen LogP contribution in [0, 0.1) is 11.8 Å². The summed E-state index contributed by atoms with van der Waals surface area (Å²) in [6, 6.07) is 18.0. The standard InChI is InChI=1S/C28H40N4/c29-25-13-5-21(6-14-25)1-3-23-9-17-27(18-10-23)31-32-28-19-11-24(12-20-28)4-2-22-7-15-26(30)16-8-22/h9-12,17-22,25-26H,1-8,13-16,29-30H2. The molecule has 2 saturated carbocycles. The number of benzene rings is 2. The van der Waals surface area contributed by atoms with Crippen molar-refractivity contribution in [3.8, 4) is 0 Å². The van der Waals surface area contributed by atoms with E-state index in [0.29, 0.717) is 12.1 Å². The molecule has 4 rings (SSSR count). The highest BCUT2D eigenvalue weighted by Crippen LogP contribution is 2.29. The third kappa shape index (κ3) is 7.25. The van der Waals surface area contributed by atoms with Crippen LogP contribution in [-0.2, 0) is 12.8 Å². The van der Waals surface area contributed by atoms with Crippen molar-refractivity contribution < 1.29 is 0 Å². The van der Waals surface area contributed by atoms with E-state index in [9.17, 15) is 0 Å². The Hall–Kier alpha value is -2.04. The Morgan fingerprint density at radius 1 is 0.531 bits per heavy atom. The van der Waals surface area contributed by atoms with Crippen molar-refractivity contribution in [3.63, 3.8) is 0 Å². The Balaban J connectivity index is 1.20. The molecular formula is C28H40N4. The SMILES string of the molecule is NC1CCC(CCc2ccc(N=Nc3ccc(CCC4CCC(N)CC4)cc3)cc2)CC1. The highest BCUT2D eigenvalue weighted by molar-refractivity contribution is 5.42. The zero-order valence-corrected chi connectivity index (χ0v) is 19.5. The van der Waals surface area contributed by atoms with Crippen LogP contribution >= 0.6 is 0 Å². The number of rotatable bonds is 8. The Kier molecular flexibility index (Phi) is 8.47. The summed E-state index contributed by atoms with van der Waals surface area (Å²) >= 11 is 0. The summed E-state index contributed by atoms with van der Waals surface area (Å²) in [5.74, 6) is 1.69. The molecule has 32 heavy (non-hydrogen) atoms. The van der Waals surface area contributed by atoms with Gasteiger partial charge in [-0.3, -0.25) is 0 Å². The molecule has 172 valence electrons. The largest absolute Gasteiger partial charge is 0.328 e. The zero-order chi connectivity index (χ0) is 22.2. The first-order valence-electron chi connectivity index (χ1n) is 12.7. The van der Waals surface area contributed by atoms with E-state index in [0.717, 1.165) is 36.1 Å². The molecule has 2 aliphatic rings. The van der Waals surface area contributed by atoms with Crippen LogP contribution in [0.2, 0.25) is 0 Å². The Labute approximate surface area is 193 Å². The Morgan fingerprint density at radius 2 is 0.875 bits per heavy atom. The Morgan fingerprint density at radius 3 is 1.22 bits per heavy atom. The molecule has 0 saturated heterocycles. The molecular weight excluding hydrogens is 392 g/mol. The van der Waals surface area contributed by atoms with Crippen molar-refractivity contribution >= 4 is 11.4 Å². The van der Waals surface area contributed by atoms with Crippen LogP contribution in [0.1, 0.15) is 75.3 Å². The third-order valence-corrected chi connectivity index (χ3v) is 7.62. The maximum absolute atomic E-state index is 6.02. The highest BCUT2D eigenvalue weighted by atomic mass is 15.1. The van der Waals surface area contributed by atoms with Crippen LogP contribution < -0.4 is 11.5 Å². The lowest BCUT2D eigenvalue weighted by atomic mass is 9.83. The van der Waals surface area contributed by atoms with Gasteiger partial charge in [0.2, 0.25) is 0 Å². The van der Waals surface area contributed by atoms with Crippen molar-refractivity contribution in [2.75, 3.05) is 0 Å². The van der Waals surface area contributed by atoms with E-state index in [-0.39, 0.29) is 0 Å². The molecule has 0 spiro atoms. The summed E-state index contributed by atoms with van der Waals surface area (Å²) in [5, 5.41) is 8.86. The molecule has 2 aromatic carbocycles. The maximum Gasteiger partial charge on any atom is 0.0857 e. The van der Waals surface area contributed by atoms with Crippen LogP contribution in [0.15, 0.2) is 58.8 Å². The first-order chi connectivity index (χ1) is 15.6. The van der Waals surface area contributed by atoms with Gasteiger partial charge in [-0.05, 0) is 124 Å². The van der Waals surface area contributed by atoms with Gasteiger partial charge < -0.3 is 11.5 Å². The number of nitrogens with zero attached hydrogens (tertiary/aromatic N) is 2. The zero-order valence-electron chi connectivity index (χ0n) is 19.5. The molecule has 4 N–H and O–H groups in total. The minimum Gasteiger partial charge on any atom is -0.328 e. The van der Waals surface area contributed by atoms with Crippen LogP contribution in [-0.4, -0.2) is 12.1 Å². The van der Waals surface area contributed by atoms with E-state index in [4.69, 9.17) is 11.5 Å². The lowest BCUT2D eigenvalue weighted by Crippen LogP contribution is -2.26. The van der Waals surface area contributed by atoms with Crippen LogP contribution in [0.3, 0.4) is 0 Å². The first kappa shape index (κ1) is 23.1. The van der Waals surface area contributed by atoms with Gasteiger partial charge in [0.1, 0.15) is 0 Å². The minimum atomic E-state index is 0.438. The molecule has 0 bridgehead atoms. The average Bonchev–Trinajstić information content (AvgIpc) is 2.83. The van der Waals surface area contributed by atoms with Crippen LogP contribution in [0.5, 0.6) is 0 Å². The number of nitrogens with two attached hydrogens (primary N) is 2. The second-order valence-electron chi connectivity index (χ2n) is 10.2. The summed E-state index contributed by atoms with van der Waals surface area (Å²) in [7, 11) is 0. The summed E-state index contributed by atoms with van der Waals surface area (Å²) in [6.45, 7) is 0. The smallest absolute Gasteiger partial charge is 0.0857 e. The predicted octanol–water partition coefficient (Wildman–Crippen LogP) is 7.00. The molecule has 0 aliphatic heterocycles. The maximum atomic E-state index is 6.02. The normalized spacial score (nSPS) is 26.4. The summed E-state index contributed by atoms with van der Waals surface area (Å²) < 4.78 is 0. The first-order valence-corrected chi connectivity index (χ1v) is 12.7. The van der Waals surface area contributed by atoms with E-state index in [1.54, 1.807) is 0 Å². The van der Waals surface area contributed by atoms with Gasteiger partial charge in [-0.1, -0.05) is 24.3 Å². The quantitative estimate of drug-likeness (QED) is 0.440. The van der Waals surface area contributed by atoms with Crippen LogP contribution in [0.4, 0.5) is 11.4 Å². The topological polar surface area (TPSA) is 76.8 Å². The second kappa shape index (κ2) is 11.7. The van der Waals surface area contributed by atoms with Gasteiger partial charge in [-0.25, -0.2) is 0 Å². The molecule has 0 unspecified atom stereocenters. The molecule has 2 aromatic rings. The highest BCUT2D eigenvalue weighted by Gasteiger charge is 2.19. The Bertz CT molecular complexity index is 755.